The molecule has 6 heteroatoms. The summed E-state index contributed by atoms with van der Waals surface area (Å²) in [6.45, 7) is 8.47. The lowest BCUT2D eigenvalue weighted by atomic mass is 10.0. The molecule has 0 unspecified atom stereocenters. The number of hydrogen-bond acceptors (Lipinski definition) is 3. The summed E-state index contributed by atoms with van der Waals surface area (Å²) in [5, 5.41) is 5.21. The van der Waals surface area contributed by atoms with E-state index in [4.69, 9.17) is 27.9 Å². The van der Waals surface area contributed by atoms with E-state index < -0.39 is 0 Å². The van der Waals surface area contributed by atoms with Crippen molar-refractivity contribution in [1.82, 2.24) is 9.78 Å². The van der Waals surface area contributed by atoms with Gasteiger partial charge in [0.15, 0.2) is 0 Å². The number of rotatable bonds is 5. The molecule has 0 atom stereocenters. The molecule has 0 aliphatic carbocycles. The molecule has 0 aliphatic rings. The van der Waals surface area contributed by atoms with Crippen LogP contribution in [0.4, 0.5) is 0 Å². The number of aromatic nitrogens is 2. The Morgan fingerprint density at radius 2 is 1.91 bits per heavy atom. The number of methoxy groups -OCH3 is 1. The van der Waals surface area contributed by atoms with Gasteiger partial charge in [0.25, 0.3) is 0 Å². The molecular weight excluding hydrogens is 335 g/mol. The molecule has 0 spiro atoms. The minimum absolute atomic E-state index is 0.218. The molecule has 0 saturated heterocycles. The van der Waals surface area contributed by atoms with Crippen molar-refractivity contribution >= 4 is 29.0 Å². The molecule has 0 aliphatic heterocycles. The van der Waals surface area contributed by atoms with Gasteiger partial charge in [0, 0.05) is 17.1 Å². The lowest BCUT2D eigenvalue weighted by molar-refractivity contribution is 0.103. The van der Waals surface area contributed by atoms with Gasteiger partial charge in [0.05, 0.1) is 18.3 Å². The third-order valence-corrected chi connectivity index (χ3v) is 4.68. The number of ether oxygens (including phenoxy) is 1. The molecule has 0 radical (unpaired) electrons. The van der Waals surface area contributed by atoms with Crippen LogP contribution in [0.25, 0.3) is 0 Å². The van der Waals surface area contributed by atoms with Gasteiger partial charge in [-0.05, 0) is 37.0 Å². The van der Waals surface area contributed by atoms with E-state index in [1.807, 2.05) is 6.92 Å². The first kappa shape index (κ1) is 17.8. The molecule has 1 aromatic carbocycles. The maximum atomic E-state index is 12.9. The van der Waals surface area contributed by atoms with Gasteiger partial charge in [-0.1, -0.05) is 37.0 Å². The van der Waals surface area contributed by atoms with Crippen molar-refractivity contribution in [3.63, 3.8) is 0 Å². The lowest BCUT2D eigenvalue weighted by Gasteiger charge is -2.12. The van der Waals surface area contributed by atoms with Crippen LogP contribution in [-0.4, -0.2) is 22.7 Å². The molecule has 0 bridgehead atoms. The smallest absolute Gasteiger partial charge is 0.223 e. The Morgan fingerprint density at radius 1 is 1.26 bits per heavy atom. The summed E-state index contributed by atoms with van der Waals surface area (Å²) in [7, 11) is 1.53. The summed E-state index contributed by atoms with van der Waals surface area (Å²) in [6, 6.07) is 1.71. The fourth-order valence-corrected chi connectivity index (χ4v) is 2.90. The molecular formula is C17H20Cl2N2O2. The van der Waals surface area contributed by atoms with Crippen molar-refractivity contribution < 1.29 is 9.53 Å². The molecule has 0 fully saturated rings. The molecule has 0 N–H and O–H groups in total. The second-order valence-corrected chi connectivity index (χ2v) is 6.72. The Morgan fingerprint density at radius 3 is 2.48 bits per heavy atom. The Kier molecular flexibility index (Phi) is 5.37. The van der Waals surface area contributed by atoms with E-state index in [9.17, 15) is 4.79 Å². The average Bonchev–Trinajstić information content (AvgIpc) is 2.89. The highest BCUT2D eigenvalue weighted by atomic mass is 35.5. The van der Waals surface area contributed by atoms with E-state index in [1.54, 1.807) is 17.7 Å². The maximum absolute atomic E-state index is 12.9. The molecule has 4 nitrogen and oxygen atoms in total. The number of hydrogen-bond donors (Lipinski definition) is 0. The zero-order valence-electron chi connectivity index (χ0n) is 13.9. The number of benzene rings is 1. The van der Waals surface area contributed by atoms with Crippen LogP contribution in [0.5, 0.6) is 5.88 Å². The van der Waals surface area contributed by atoms with Gasteiger partial charge in [0.2, 0.25) is 11.7 Å². The van der Waals surface area contributed by atoms with Crippen LogP contribution in [-0.2, 0) is 6.54 Å². The largest absolute Gasteiger partial charge is 0.481 e. The van der Waals surface area contributed by atoms with Gasteiger partial charge in [-0.3, -0.25) is 4.79 Å². The number of carbonyl (C=O) groups excluding carboxylic acids is 1. The first-order valence-electron chi connectivity index (χ1n) is 7.37. The Hall–Kier alpha value is -1.52. The van der Waals surface area contributed by atoms with Crippen molar-refractivity contribution in [2.24, 2.45) is 5.92 Å². The Bertz CT molecular complexity index is 752. The molecule has 0 saturated carbocycles. The van der Waals surface area contributed by atoms with Crippen LogP contribution in [0.2, 0.25) is 10.0 Å². The molecule has 1 heterocycles. The van der Waals surface area contributed by atoms with Gasteiger partial charge in [-0.25, -0.2) is 4.68 Å². The summed E-state index contributed by atoms with van der Waals surface area (Å²) in [4.78, 5) is 12.9. The van der Waals surface area contributed by atoms with Gasteiger partial charge in [0.1, 0.15) is 5.56 Å². The summed E-state index contributed by atoms with van der Waals surface area (Å²) < 4.78 is 7.09. The number of halogens is 2. The van der Waals surface area contributed by atoms with Crippen molar-refractivity contribution in [3.05, 3.63) is 44.6 Å². The normalized spacial score (nSPS) is 11.1. The fourth-order valence-electron chi connectivity index (χ4n) is 2.47. The number of nitrogens with zero attached hydrogens (tertiary/aromatic N) is 2. The number of carbonyl (C=O) groups is 1. The van der Waals surface area contributed by atoms with Gasteiger partial charge in [-0.15, -0.1) is 0 Å². The standard InChI is InChI=1S/C17H20Cl2N2O2/c1-9(2)8-21-17(23-5)13(7-20-21)16(22)12-6-10(3)14(18)11(4)15(12)19/h6-7,9H,8H2,1-5H3. The number of ketones is 1. The summed E-state index contributed by atoms with van der Waals surface area (Å²) in [5.74, 6) is 0.616. The monoisotopic (exact) mass is 354 g/mol. The minimum Gasteiger partial charge on any atom is -0.481 e. The van der Waals surface area contributed by atoms with Crippen molar-refractivity contribution in [3.8, 4) is 5.88 Å². The van der Waals surface area contributed by atoms with E-state index in [-0.39, 0.29) is 5.78 Å². The van der Waals surface area contributed by atoms with E-state index >= 15 is 0 Å². The van der Waals surface area contributed by atoms with Crippen molar-refractivity contribution in [1.29, 1.82) is 0 Å². The summed E-state index contributed by atoms with van der Waals surface area (Å²) in [5.41, 5.74) is 2.32. The van der Waals surface area contributed by atoms with Gasteiger partial charge >= 0.3 is 0 Å². The van der Waals surface area contributed by atoms with Crippen LogP contribution in [0.3, 0.4) is 0 Å². The van der Waals surface area contributed by atoms with Crippen LogP contribution in [0.15, 0.2) is 12.3 Å². The van der Waals surface area contributed by atoms with Crippen LogP contribution in [0, 0.1) is 19.8 Å². The van der Waals surface area contributed by atoms with Crippen molar-refractivity contribution in [2.45, 2.75) is 34.2 Å². The fraction of sp³-hybridized carbons (Fsp3) is 0.412. The van der Waals surface area contributed by atoms with Gasteiger partial charge < -0.3 is 4.74 Å². The Balaban J connectivity index is 2.52. The topological polar surface area (TPSA) is 44.1 Å². The second kappa shape index (κ2) is 6.93. The summed E-state index contributed by atoms with van der Waals surface area (Å²) >= 11 is 12.5. The Labute approximate surface area is 146 Å². The molecule has 23 heavy (non-hydrogen) atoms. The summed E-state index contributed by atoms with van der Waals surface area (Å²) in [6.07, 6.45) is 1.53. The quantitative estimate of drug-likeness (QED) is 0.730. The third-order valence-electron chi connectivity index (χ3n) is 3.61. The zero-order valence-corrected chi connectivity index (χ0v) is 15.4. The van der Waals surface area contributed by atoms with E-state index in [1.165, 1.54) is 13.3 Å². The predicted molar refractivity (Wildman–Crippen MR) is 93.0 cm³/mol. The molecule has 1 aromatic heterocycles. The predicted octanol–water partition coefficient (Wildman–Crippen LogP) is 4.70. The minimum atomic E-state index is -0.218. The van der Waals surface area contributed by atoms with E-state index in [2.05, 4.69) is 18.9 Å². The first-order chi connectivity index (χ1) is 10.8. The maximum Gasteiger partial charge on any atom is 0.223 e. The third kappa shape index (κ3) is 3.38. The highest BCUT2D eigenvalue weighted by Gasteiger charge is 2.24. The van der Waals surface area contributed by atoms with E-state index in [0.29, 0.717) is 45.1 Å². The highest BCUT2D eigenvalue weighted by molar-refractivity contribution is 6.39. The molecule has 2 aromatic rings. The zero-order chi connectivity index (χ0) is 17.3. The molecule has 2 rings (SSSR count). The SMILES string of the molecule is COc1c(C(=O)c2cc(C)c(Cl)c(C)c2Cl)cnn1CC(C)C. The molecule has 124 valence electrons. The lowest BCUT2D eigenvalue weighted by Crippen LogP contribution is -2.10. The molecule has 0 amide bonds. The van der Waals surface area contributed by atoms with Crippen LogP contribution in [0.1, 0.15) is 40.9 Å². The van der Waals surface area contributed by atoms with Crippen LogP contribution >= 0.6 is 23.2 Å². The first-order valence-corrected chi connectivity index (χ1v) is 8.13. The van der Waals surface area contributed by atoms with E-state index in [0.717, 1.165) is 5.56 Å². The van der Waals surface area contributed by atoms with Crippen LogP contribution < -0.4 is 4.74 Å². The van der Waals surface area contributed by atoms with Crippen molar-refractivity contribution in [2.75, 3.05) is 7.11 Å². The average molecular weight is 355 g/mol. The highest BCUT2D eigenvalue weighted by Crippen LogP contribution is 2.33. The van der Waals surface area contributed by atoms with Gasteiger partial charge in [-0.2, -0.15) is 5.10 Å². The second-order valence-electron chi connectivity index (χ2n) is 5.97. The number of aryl methyl sites for hydroxylation is 1.